The molecule has 2 aromatic rings. The molecule has 2 rings (SSSR count). The van der Waals surface area contributed by atoms with Gasteiger partial charge in [-0.15, -0.1) is 0 Å². The van der Waals surface area contributed by atoms with E-state index in [1.54, 1.807) is 19.1 Å². The third kappa shape index (κ3) is 6.16. The van der Waals surface area contributed by atoms with Crippen LogP contribution in [-0.2, 0) is 19.6 Å². The molecule has 0 aliphatic heterocycles. The summed E-state index contributed by atoms with van der Waals surface area (Å²) in [5.41, 5.74) is 0.176. The highest BCUT2D eigenvalue weighted by Crippen LogP contribution is 2.25. The molecule has 158 valence electrons. The van der Waals surface area contributed by atoms with Crippen LogP contribution in [0, 0.1) is 5.82 Å². The van der Waals surface area contributed by atoms with Crippen LogP contribution in [-0.4, -0.2) is 47.2 Å². The van der Waals surface area contributed by atoms with Gasteiger partial charge in [0, 0.05) is 13.2 Å². The molecule has 1 amide bonds. The number of carbonyl (C=O) groups excluding carboxylic acids is 1. The van der Waals surface area contributed by atoms with Gasteiger partial charge in [0.15, 0.2) is 0 Å². The molecule has 0 heterocycles. The van der Waals surface area contributed by atoms with Gasteiger partial charge in [0.25, 0.3) is 10.0 Å². The van der Waals surface area contributed by atoms with Crippen LogP contribution in [0.1, 0.15) is 13.8 Å². The maximum atomic E-state index is 13.3. The Hall–Kier alpha value is -2.65. The zero-order valence-corrected chi connectivity index (χ0v) is 17.4. The smallest absolute Gasteiger partial charge is 0.264 e. The molecule has 0 aromatic heterocycles. The molecule has 0 bridgehead atoms. The van der Waals surface area contributed by atoms with Gasteiger partial charge in [-0.2, -0.15) is 0 Å². The van der Waals surface area contributed by atoms with Crippen molar-refractivity contribution in [3.63, 3.8) is 0 Å². The van der Waals surface area contributed by atoms with Crippen LogP contribution in [0.2, 0.25) is 0 Å². The quantitative estimate of drug-likeness (QED) is 0.634. The van der Waals surface area contributed by atoms with Crippen LogP contribution in [0.5, 0.6) is 5.75 Å². The van der Waals surface area contributed by atoms with Crippen molar-refractivity contribution in [2.75, 3.05) is 31.2 Å². The summed E-state index contributed by atoms with van der Waals surface area (Å²) in [6, 6.07) is 10.5. The Morgan fingerprint density at radius 1 is 1.14 bits per heavy atom. The number of methoxy groups -OCH3 is 1. The lowest BCUT2D eigenvalue weighted by Gasteiger charge is -2.25. The number of halogens is 1. The number of hydrogen-bond donors (Lipinski definition) is 1. The van der Waals surface area contributed by atoms with Crippen LogP contribution in [0.3, 0.4) is 0 Å². The number of amides is 1. The summed E-state index contributed by atoms with van der Waals surface area (Å²) in [5, 5.41) is 2.68. The summed E-state index contributed by atoms with van der Waals surface area (Å²) in [6.07, 6.45) is 0. The minimum atomic E-state index is -4.08. The molecule has 0 aliphatic carbocycles. The van der Waals surface area contributed by atoms with Gasteiger partial charge < -0.3 is 14.8 Å². The van der Waals surface area contributed by atoms with E-state index < -0.39 is 28.3 Å². The molecule has 1 atom stereocenters. The van der Waals surface area contributed by atoms with E-state index in [2.05, 4.69) is 5.32 Å². The highest BCUT2D eigenvalue weighted by Gasteiger charge is 2.27. The first kappa shape index (κ1) is 22.6. The van der Waals surface area contributed by atoms with E-state index in [0.717, 1.165) is 16.4 Å². The van der Waals surface area contributed by atoms with E-state index in [-0.39, 0.29) is 23.2 Å². The number of sulfonamides is 1. The third-order valence-corrected chi connectivity index (χ3v) is 5.74. The molecule has 1 N–H and O–H groups in total. The molecular weight excluding hydrogens is 399 g/mol. The normalized spacial score (nSPS) is 12.3. The Morgan fingerprint density at radius 3 is 2.31 bits per heavy atom. The van der Waals surface area contributed by atoms with E-state index in [0.29, 0.717) is 12.4 Å². The fourth-order valence-electron chi connectivity index (χ4n) is 2.67. The van der Waals surface area contributed by atoms with Crippen LogP contribution < -0.4 is 14.4 Å². The molecule has 7 nitrogen and oxygen atoms in total. The van der Waals surface area contributed by atoms with E-state index in [9.17, 15) is 17.6 Å². The third-order valence-electron chi connectivity index (χ3n) is 3.95. The second-order valence-corrected chi connectivity index (χ2v) is 8.18. The first-order valence-corrected chi connectivity index (χ1v) is 10.5. The average Bonchev–Trinajstić information content (AvgIpc) is 2.68. The predicted molar refractivity (Wildman–Crippen MR) is 108 cm³/mol. The molecule has 0 saturated heterocycles. The number of rotatable bonds is 10. The van der Waals surface area contributed by atoms with Crippen molar-refractivity contribution in [2.45, 2.75) is 24.8 Å². The van der Waals surface area contributed by atoms with Crippen molar-refractivity contribution in [2.24, 2.45) is 0 Å². The number of ether oxygens (including phenoxy) is 2. The Labute approximate surface area is 170 Å². The molecule has 2 aromatic carbocycles. The number of hydrogen-bond acceptors (Lipinski definition) is 5. The number of carbonyl (C=O) groups is 1. The molecule has 9 heteroatoms. The predicted octanol–water partition coefficient (Wildman–Crippen LogP) is 2.57. The number of anilines is 1. The van der Waals surface area contributed by atoms with Gasteiger partial charge in [0.2, 0.25) is 5.91 Å². The van der Waals surface area contributed by atoms with Gasteiger partial charge in [-0.05, 0) is 62.4 Å². The lowest BCUT2D eigenvalue weighted by atomic mass is 10.3. The van der Waals surface area contributed by atoms with Gasteiger partial charge in [0.1, 0.15) is 18.1 Å². The fourth-order valence-corrected chi connectivity index (χ4v) is 4.09. The summed E-state index contributed by atoms with van der Waals surface area (Å²) >= 11 is 0. The van der Waals surface area contributed by atoms with Gasteiger partial charge in [-0.25, -0.2) is 12.8 Å². The minimum absolute atomic E-state index is 0.0111. The van der Waals surface area contributed by atoms with Gasteiger partial charge in [-0.3, -0.25) is 9.10 Å². The lowest BCUT2D eigenvalue weighted by molar-refractivity contribution is -0.120. The van der Waals surface area contributed by atoms with Crippen molar-refractivity contribution < 1.29 is 27.1 Å². The number of nitrogens with zero attached hydrogens (tertiary/aromatic N) is 1. The van der Waals surface area contributed by atoms with Crippen LogP contribution in [0.4, 0.5) is 10.1 Å². The van der Waals surface area contributed by atoms with Crippen molar-refractivity contribution in [1.82, 2.24) is 5.32 Å². The SMILES string of the molecule is CCOc1ccc(S(=O)(=O)N(CC(=O)N[C@H](C)COC)c2ccc(F)cc2)cc1. The Kier molecular flexibility index (Phi) is 7.98. The second kappa shape index (κ2) is 10.2. The van der Waals surface area contributed by atoms with E-state index in [4.69, 9.17) is 9.47 Å². The zero-order chi connectivity index (χ0) is 21.4. The summed E-state index contributed by atoms with van der Waals surface area (Å²) < 4.78 is 51.0. The monoisotopic (exact) mass is 424 g/mol. The summed E-state index contributed by atoms with van der Waals surface area (Å²) in [4.78, 5) is 12.4. The summed E-state index contributed by atoms with van der Waals surface area (Å²) in [5.74, 6) is -0.482. The molecular formula is C20H25FN2O5S. The maximum absolute atomic E-state index is 13.3. The number of nitrogens with one attached hydrogen (secondary N) is 1. The van der Waals surface area contributed by atoms with Crippen LogP contribution in [0.15, 0.2) is 53.4 Å². The first-order chi connectivity index (χ1) is 13.8. The van der Waals surface area contributed by atoms with E-state index in [1.165, 1.54) is 31.4 Å². The van der Waals surface area contributed by atoms with Gasteiger partial charge in [-0.1, -0.05) is 0 Å². The lowest BCUT2D eigenvalue weighted by Crippen LogP contribution is -2.44. The molecule has 0 fully saturated rings. The Bertz CT molecular complexity index is 901. The van der Waals surface area contributed by atoms with Gasteiger partial charge in [0.05, 0.1) is 23.8 Å². The molecule has 0 spiro atoms. The standard InChI is InChI=1S/C20H25FN2O5S/c1-4-28-18-9-11-19(12-10-18)29(25,26)23(17-7-5-16(21)6-8-17)13-20(24)22-15(2)14-27-3/h5-12,15H,4,13-14H2,1-3H3,(H,22,24)/t15-/m1/s1. The zero-order valence-electron chi connectivity index (χ0n) is 16.6. The topological polar surface area (TPSA) is 84.9 Å². The Morgan fingerprint density at radius 2 is 1.76 bits per heavy atom. The van der Waals surface area contributed by atoms with Crippen LogP contribution in [0.25, 0.3) is 0 Å². The minimum Gasteiger partial charge on any atom is -0.494 e. The highest BCUT2D eigenvalue weighted by atomic mass is 32.2. The maximum Gasteiger partial charge on any atom is 0.264 e. The van der Waals surface area contributed by atoms with Crippen LogP contribution >= 0.6 is 0 Å². The summed E-state index contributed by atoms with van der Waals surface area (Å²) in [6.45, 7) is 3.84. The van der Waals surface area contributed by atoms with E-state index >= 15 is 0 Å². The van der Waals surface area contributed by atoms with E-state index in [1.807, 2.05) is 6.92 Å². The van der Waals surface area contributed by atoms with Crippen molar-refractivity contribution in [3.8, 4) is 5.75 Å². The Balaban J connectivity index is 2.35. The van der Waals surface area contributed by atoms with Gasteiger partial charge >= 0.3 is 0 Å². The van der Waals surface area contributed by atoms with Crippen molar-refractivity contribution in [1.29, 1.82) is 0 Å². The molecule has 29 heavy (non-hydrogen) atoms. The largest absolute Gasteiger partial charge is 0.494 e. The summed E-state index contributed by atoms with van der Waals surface area (Å²) in [7, 11) is -2.57. The fraction of sp³-hybridized carbons (Fsp3) is 0.350. The molecule has 0 saturated carbocycles. The number of benzene rings is 2. The van der Waals surface area contributed by atoms with Crippen molar-refractivity contribution >= 4 is 21.6 Å². The second-order valence-electron chi connectivity index (χ2n) is 6.32. The van der Waals surface area contributed by atoms with Crippen molar-refractivity contribution in [3.05, 3.63) is 54.3 Å². The molecule has 0 radical (unpaired) electrons. The first-order valence-electron chi connectivity index (χ1n) is 9.07. The average molecular weight is 424 g/mol. The molecule has 0 unspecified atom stereocenters. The molecule has 0 aliphatic rings. The highest BCUT2D eigenvalue weighted by molar-refractivity contribution is 7.92.